The summed E-state index contributed by atoms with van der Waals surface area (Å²) in [5, 5.41) is 9.54. The number of hydrogen-bond donors (Lipinski definition) is 0. The molecule has 1 aliphatic rings. The first-order chi connectivity index (χ1) is 8.77. The highest BCUT2D eigenvalue weighted by Crippen LogP contribution is 2.40. The standard InChI is InChI=1S/C17H21N/c1-3-13(2)16(12-18)17(15-10-7-11-15)14-8-5-4-6-9-14/h4-6,8-9,13,16H,3,7,10-11H2,1-2H3. The number of hydrogen-bond acceptors (Lipinski definition) is 1. The van der Waals surface area contributed by atoms with Gasteiger partial charge in [0.1, 0.15) is 0 Å². The monoisotopic (exact) mass is 239 g/mol. The average molecular weight is 239 g/mol. The Labute approximate surface area is 110 Å². The molecule has 1 aliphatic carbocycles. The molecule has 1 fully saturated rings. The third kappa shape index (κ3) is 2.48. The molecule has 0 heterocycles. The summed E-state index contributed by atoms with van der Waals surface area (Å²) >= 11 is 0. The number of nitrogens with zero attached hydrogens (tertiary/aromatic N) is 1. The van der Waals surface area contributed by atoms with E-state index < -0.39 is 0 Å². The fourth-order valence-corrected chi connectivity index (χ4v) is 2.56. The normalized spacial score (nSPS) is 17.5. The number of benzene rings is 1. The molecule has 0 spiro atoms. The average Bonchev–Trinajstić information content (AvgIpc) is 2.37. The molecular weight excluding hydrogens is 218 g/mol. The van der Waals surface area contributed by atoms with Gasteiger partial charge in [-0.1, -0.05) is 56.2 Å². The summed E-state index contributed by atoms with van der Waals surface area (Å²) in [6.45, 7) is 4.36. The van der Waals surface area contributed by atoms with Crippen molar-refractivity contribution in [2.24, 2.45) is 11.8 Å². The summed E-state index contributed by atoms with van der Waals surface area (Å²) in [5.41, 5.74) is 4.07. The third-order valence-corrected chi connectivity index (χ3v) is 4.09. The summed E-state index contributed by atoms with van der Waals surface area (Å²) in [4.78, 5) is 0. The van der Waals surface area contributed by atoms with Gasteiger partial charge in [0.25, 0.3) is 0 Å². The lowest BCUT2D eigenvalue weighted by Crippen LogP contribution is -2.15. The molecule has 0 saturated heterocycles. The van der Waals surface area contributed by atoms with Crippen LogP contribution < -0.4 is 0 Å². The Hall–Kier alpha value is -1.55. The number of nitriles is 1. The molecule has 2 unspecified atom stereocenters. The van der Waals surface area contributed by atoms with Crippen LogP contribution in [-0.4, -0.2) is 0 Å². The Bertz CT molecular complexity index is 458. The minimum absolute atomic E-state index is 0.0488. The highest BCUT2D eigenvalue weighted by Gasteiger charge is 2.26. The van der Waals surface area contributed by atoms with Crippen molar-refractivity contribution in [3.8, 4) is 6.07 Å². The van der Waals surface area contributed by atoms with E-state index in [0.717, 1.165) is 6.42 Å². The van der Waals surface area contributed by atoms with Gasteiger partial charge < -0.3 is 0 Å². The second-order valence-electron chi connectivity index (χ2n) is 5.23. The Balaban J connectivity index is 2.42. The zero-order chi connectivity index (χ0) is 13.0. The fourth-order valence-electron chi connectivity index (χ4n) is 2.56. The molecule has 18 heavy (non-hydrogen) atoms. The van der Waals surface area contributed by atoms with Crippen LogP contribution in [-0.2, 0) is 0 Å². The first-order valence-corrected chi connectivity index (χ1v) is 6.94. The van der Waals surface area contributed by atoms with Crippen LogP contribution in [0.15, 0.2) is 35.9 Å². The maximum atomic E-state index is 9.54. The largest absolute Gasteiger partial charge is 0.198 e. The van der Waals surface area contributed by atoms with Crippen LogP contribution in [0.5, 0.6) is 0 Å². The molecule has 1 aromatic carbocycles. The molecule has 1 saturated carbocycles. The molecule has 2 atom stereocenters. The van der Waals surface area contributed by atoms with E-state index in [-0.39, 0.29) is 5.92 Å². The summed E-state index contributed by atoms with van der Waals surface area (Å²) in [7, 11) is 0. The highest BCUT2D eigenvalue weighted by molar-refractivity contribution is 5.73. The van der Waals surface area contributed by atoms with Crippen LogP contribution in [0.25, 0.3) is 5.57 Å². The summed E-state index contributed by atoms with van der Waals surface area (Å²) in [6, 6.07) is 13.0. The Kier molecular flexibility index (Phi) is 4.20. The van der Waals surface area contributed by atoms with E-state index in [2.05, 4.69) is 44.2 Å². The molecule has 0 aromatic heterocycles. The van der Waals surface area contributed by atoms with Gasteiger partial charge in [0.05, 0.1) is 12.0 Å². The topological polar surface area (TPSA) is 23.8 Å². The van der Waals surface area contributed by atoms with Gasteiger partial charge in [-0.25, -0.2) is 0 Å². The molecule has 1 aromatic rings. The van der Waals surface area contributed by atoms with Crippen molar-refractivity contribution < 1.29 is 0 Å². The second-order valence-corrected chi connectivity index (χ2v) is 5.23. The quantitative estimate of drug-likeness (QED) is 0.739. The lowest BCUT2D eigenvalue weighted by Gasteiger charge is -2.28. The lowest BCUT2D eigenvalue weighted by atomic mass is 9.75. The molecule has 1 nitrogen and oxygen atoms in total. The van der Waals surface area contributed by atoms with Gasteiger partial charge in [0.15, 0.2) is 0 Å². The molecular formula is C17H21N. The molecule has 0 aliphatic heterocycles. The third-order valence-electron chi connectivity index (χ3n) is 4.09. The first-order valence-electron chi connectivity index (χ1n) is 6.94. The van der Waals surface area contributed by atoms with Crippen molar-refractivity contribution in [3.63, 3.8) is 0 Å². The van der Waals surface area contributed by atoms with E-state index in [1.807, 2.05) is 6.07 Å². The number of allylic oxidation sites excluding steroid dienone is 2. The van der Waals surface area contributed by atoms with Gasteiger partial charge in [-0.15, -0.1) is 0 Å². The fraction of sp³-hybridized carbons (Fsp3) is 0.471. The van der Waals surface area contributed by atoms with Gasteiger partial charge in [-0.05, 0) is 36.3 Å². The van der Waals surface area contributed by atoms with Gasteiger partial charge in [0, 0.05) is 0 Å². The molecule has 94 valence electrons. The van der Waals surface area contributed by atoms with E-state index in [9.17, 15) is 5.26 Å². The van der Waals surface area contributed by atoms with Gasteiger partial charge >= 0.3 is 0 Å². The predicted octanol–water partition coefficient (Wildman–Crippen LogP) is 4.81. The first kappa shape index (κ1) is 12.9. The van der Waals surface area contributed by atoms with Crippen LogP contribution in [0.4, 0.5) is 0 Å². The molecule has 0 radical (unpaired) electrons. The van der Waals surface area contributed by atoms with Crippen molar-refractivity contribution in [2.75, 3.05) is 0 Å². The second kappa shape index (κ2) is 5.87. The van der Waals surface area contributed by atoms with Crippen molar-refractivity contribution in [2.45, 2.75) is 39.5 Å². The van der Waals surface area contributed by atoms with E-state index in [1.165, 1.54) is 36.0 Å². The van der Waals surface area contributed by atoms with E-state index in [1.54, 1.807) is 0 Å². The highest BCUT2D eigenvalue weighted by atomic mass is 14.3. The zero-order valence-corrected chi connectivity index (χ0v) is 11.3. The van der Waals surface area contributed by atoms with Crippen molar-refractivity contribution in [1.29, 1.82) is 5.26 Å². The van der Waals surface area contributed by atoms with Crippen molar-refractivity contribution in [1.82, 2.24) is 0 Å². The molecule has 2 rings (SSSR count). The maximum Gasteiger partial charge on any atom is 0.0743 e. The SMILES string of the molecule is CCC(C)C(C#N)C(=C1CCC1)c1ccccc1. The summed E-state index contributed by atoms with van der Waals surface area (Å²) < 4.78 is 0. The van der Waals surface area contributed by atoms with Crippen LogP contribution in [0.3, 0.4) is 0 Å². The van der Waals surface area contributed by atoms with Crippen molar-refractivity contribution >= 4 is 5.57 Å². The summed E-state index contributed by atoms with van der Waals surface area (Å²) in [6.07, 6.45) is 4.70. The van der Waals surface area contributed by atoms with E-state index >= 15 is 0 Å². The van der Waals surface area contributed by atoms with Gasteiger partial charge in [0.2, 0.25) is 0 Å². The Morgan fingerprint density at radius 3 is 2.39 bits per heavy atom. The summed E-state index contributed by atoms with van der Waals surface area (Å²) in [5.74, 6) is 0.478. The van der Waals surface area contributed by atoms with Crippen LogP contribution >= 0.6 is 0 Å². The number of rotatable bonds is 4. The van der Waals surface area contributed by atoms with E-state index in [0.29, 0.717) is 5.92 Å². The van der Waals surface area contributed by atoms with Crippen molar-refractivity contribution in [3.05, 3.63) is 41.5 Å². The molecule has 0 amide bonds. The van der Waals surface area contributed by atoms with E-state index in [4.69, 9.17) is 0 Å². The predicted molar refractivity (Wildman–Crippen MR) is 75.8 cm³/mol. The van der Waals surface area contributed by atoms with Crippen LogP contribution in [0, 0.1) is 23.2 Å². The smallest absolute Gasteiger partial charge is 0.0743 e. The van der Waals surface area contributed by atoms with Crippen LogP contribution in [0.2, 0.25) is 0 Å². The minimum atomic E-state index is 0.0488. The van der Waals surface area contributed by atoms with Gasteiger partial charge in [-0.2, -0.15) is 5.26 Å². The van der Waals surface area contributed by atoms with Crippen LogP contribution in [0.1, 0.15) is 45.1 Å². The lowest BCUT2D eigenvalue weighted by molar-refractivity contribution is 0.494. The maximum absolute atomic E-state index is 9.54. The molecule has 1 heteroatoms. The van der Waals surface area contributed by atoms with Gasteiger partial charge in [-0.3, -0.25) is 0 Å². The molecule has 0 bridgehead atoms. The minimum Gasteiger partial charge on any atom is -0.198 e. The Morgan fingerprint density at radius 1 is 1.28 bits per heavy atom. The zero-order valence-electron chi connectivity index (χ0n) is 11.3. The Morgan fingerprint density at radius 2 is 1.94 bits per heavy atom. The molecule has 0 N–H and O–H groups in total.